The first-order chi connectivity index (χ1) is 11.1. The highest BCUT2D eigenvalue weighted by atomic mass is 35.5. The number of carbonyl (C=O) groups excluding carboxylic acids is 1. The van der Waals surface area contributed by atoms with Crippen molar-refractivity contribution in [1.82, 2.24) is 0 Å². The molecule has 0 spiro atoms. The fraction of sp³-hybridized carbons (Fsp3) is 0.211. The van der Waals surface area contributed by atoms with Crippen LogP contribution in [0.25, 0.3) is 5.57 Å². The number of hydrogen-bond acceptors (Lipinski definition) is 2. The Morgan fingerprint density at radius 2 is 1.96 bits per heavy atom. The van der Waals surface area contributed by atoms with Gasteiger partial charge in [0, 0.05) is 6.08 Å². The van der Waals surface area contributed by atoms with Gasteiger partial charge in [-0.15, -0.1) is 0 Å². The molecule has 0 amide bonds. The predicted molar refractivity (Wildman–Crippen MR) is 90.8 cm³/mol. The molecular weight excluding hydrogens is 315 g/mol. The van der Waals surface area contributed by atoms with Crippen LogP contribution in [0.4, 0.5) is 4.39 Å². The van der Waals surface area contributed by atoms with E-state index in [1.165, 1.54) is 12.1 Å². The molecule has 0 fully saturated rings. The largest absolute Gasteiger partial charge is 0.463 e. The first-order valence-corrected chi connectivity index (χ1v) is 7.84. The van der Waals surface area contributed by atoms with E-state index in [1.54, 1.807) is 19.1 Å². The molecule has 0 aromatic heterocycles. The van der Waals surface area contributed by atoms with Crippen LogP contribution in [0.5, 0.6) is 0 Å². The summed E-state index contributed by atoms with van der Waals surface area (Å²) in [5, 5.41) is 0.110. The van der Waals surface area contributed by atoms with Crippen LogP contribution in [-0.4, -0.2) is 12.6 Å². The topological polar surface area (TPSA) is 26.3 Å². The number of carbonyl (C=O) groups is 1. The van der Waals surface area contributed by atoms with Gasteiger partial charge in [0.1, 0.15) is 5.82 Å². The normalized spacial score (nSPS) is 11.3. The molecule has 2 nitrogen and oxygen atoms in total. The van der Waals surface area contributed by atoms with Crippen LogP contribution in [-0.2, 0) is 16.0 Å². The molecule has 0 saturated carbocycles. The lowest BCUT2D eigenvalue weighted by Gasteiger charge is -2.09. The molecule has 23 heavy (non-hydrogen) atoms. The lowest BCUT2D eigenvalue weighted by Crippen LogP contribution is -2.02. The average Bonchev–Trinajstić information content (AvgIpc) is 2.55. The number of benzene rings is 2. The smallest absolute Gasteiger partial charge is 0.331 e. The average molecular weight is 333 g/mol. The quantitative estimate of drug-likeness (QED) is 0.546. The second-order valence-electron chi connectivity index (χ2n) is 5.04. The third-order valence-corrected chi connectivity index (χ3v) is 3.70. The molecule has 2 aromatic carbocycles. The van der Waals surface area contributed by atoms with Crippen LogP contribution < -0.4 is 0 Å². The van der Waals surface area contributed by atoms with E-state index in [-0.39, 0.29) is 11.0 Å². The summed E-state index contributed by atoms with van der Waals surface area (Å²) in [4.78, 5) is 11.8. The standard InChI is InChI=1S/C19H18ClFO2/c1-2-23-19(22)13-16(15-6-4-3-5-7-15)10-8-14-9-11-17(20)18(21)12-14/h3-7,9,11-13H,2,8,10H2,1H3/b16-13-. The van der Waals surface area contributed by atoms with Gasteiger partial charge in [0.25, 0.3) is 0 Å². The summed E-state index contributed by atoms with van der Waals surface area (Å²) in [6.45, 7) is 2.10. The van der Waals surface area contributed by atoms with Crippen LogP contribution in [0.2, 0.25) is 5.02 Å². The van der Waals surface area contributed by atoms with Gasteiger partial charge >= 0.3 is 5.97 Å². The van der Waals surface area contributed by atoms with E-state index >= 15 is 0 Å². The Balaban J connectivity index is 2.17. The zero-order valence-corrected chi connectivity index (χ0v) is 13.6. The van der Waals surface area contributed by atoms with Crippen molar-refractivity contribution in [3.05, 3.63) is 76.6 Å². The highest BCUT2D eigenvalue weighted by molar-refractivity contribution is 6.30. The molecule has 4 heteroatoms. The number of hydrogen-bond donors (Lipinski definition) is 0. The Kier molecular flexibility index (Phi) is 6.36. The molecule has 0 aliphatic heterocycles. The summed E-state index contributed by atoms with van der Waals surface area (Å²) in [5.74, 6) is -0.798. The van der Waals surface area contributed by atoms with Gasteiger partial charge in [-0.2, -0.15) is 0 Å². The fourth-order valence-electron chi connectivity index (χ4n) is 2.25. The Labute approximate surface area is 140 Å². The van der Waals surface area contributed by atoms with Gasteiger partial charge in [-0.1, -0.05) is 48.0 Å². The molecule has 2 aromatic rings. The molecule has 0 aliphatic rings. The second-order valence-corrected chi connectivity index (χ2v) is 5.44. The maximum atomic E-state index is 13.5. The van der Waals surface area contributed by atoms with E-state index in [4.69, 9.17) is 16.3 Å². The van der Waals surface area contributed by atoms with Crippen molar-refractivity contribution in [3.8, 4) is 0 Å². The van der Waals surface area contributed by atoms with E-state index in [9.17, 15) is 9.18 Å². The number of esters is 1. The van der Waals surface area contributed by atoms with Crippen LogP contribution in [0.15, 0.2) is 54.6 Å². The summed E-state index contributed by atoms with van der Waals surface area (Å²) in [6.07, 6.45) is 2.71. The lowest BCUT2D eigenvalue weighted by molar-refractivity contribution is -0.137. The molecule has 0 atom stereocenters. The van der Waals surface area contributed by atoms with Gasteiger partial charge in [0.05, 0.1) is 11.6 Å². The maximum Gasteiger partial charge on any atom is 0.331 e. The minimum atomic E-state index is -0.431. The second kappa shape index (κ2) is 8.49. The van der Waals surface area contributed by atoms with Crippen LogP contribution in [0.1, 0.15) is 24.5 Å². The Bertz CT molecular complexity index is 696. The third-order valence-electron chi connectivity index (χ3n) is 3.39. The molecule has 120 valence electrons. The van der Waals surface area contributed by atoms with Crippen LogP contribution in [0.3, 0.4) is 0 Å². The van der Waals surface area contributed by atoms with Gasteiger partial charge in [0.15, 0.2) is 0 Å². The van der Waals surface area contributed by atoms with Gasteiger partial charge in [-0.3, -0.25) is 0 Å². The van der Waals surface area contributed by atoms with Crippen molar-refractivity contribution >= 4 is 23.1 Å². The number of allylic oxidation sites excluding steroid dienone is 1. The Hall–Kier alpha value is -2.13. The van der Waals surface area contributed by atoms with E-state index in [1.807, 2.05) is 30.3 Å². The highest BCUT2D eigenvalue weighted by Gasteiger charge is 2.07. The van der Waals surface area contributed by atoms with Crippen molar-refractivity contribution in [2.45, 2.75) is 19.8 Å². The SMILES string of the molecule is CCOC(=O)/C=C(/CCc1ccc(Cl)c(F)c1)c1ccccc1. The zero-order valence-electron chi connectivity index (χ0n) is 12.9. The summed E-state index contributed by atoms with van der Waals surface area (Å²) in [7, 11) is 0. The van der Waals surface area contributed by atoms with E-state index in [0.29, 0.717) is 19.4 Å². The van der Waals surface area contributed by atoms with Crippen LogP contribution in [0, 0.1) is 5.82 Å². The number of ether oxygens (including phenoxy) is 1. The molecule has 0 N–H and O–H groups in total. The van der Waals surface area contributed by atoms with Crippen molar-refractivity contribution in [1.29, 1.82) is 0 Å². The minimum Gasteiger partial charge on any atom is -0.463 e. The minimum absolute atomic E-state index is 0.110. The first-order valence-electron chi connectivity index (χ1n) is 7.47. The van der Waals surface area contributed by atoms with E-state index < -0.39 is 5.82 Å². The molecule has 0 aliphatic carbocycles. The van der Waals surface area contributed by atoms with E-state index in [2.05, 4.69) is 0 Å². The van der Waals surface area contributed by atoms with Crippen molar-refractivity contribution in [3.63, 3.8) is 0 Å². The first kappa shape index (κ1) is 17.2. The number of halogens is 2. The molecule has 0 radical (unpaired) electrons. The predicted octanol–water partition coefficient (Wildman–Crippen LogP) is 5.06. The Morgan fingerprint density at radius 3 is 2.61 bits per heavy atom. The monoisotopic (exact) mass is 332 g/mol. The number of rotatable bonds is 6. The van der Waals surface area contributed by atoms with Crippen LogP contribution >= 0.6 is 11.6 Å². The molecular formula is C19H18ClFO2. The summed E-state index contributed by atoms with van der Waals surface area (Å²) >= 11 is 5.70. The molecule has 0 bridgehead atoms. The van der Waals surface area contributed by atoms with Gasteiger partial charge in [-0.25, -0.2) is 9.18 Å². The number of aryl methyl sites for hydroxylation is 1. The zero-order chi connectivity index (χ0) is 16.7. The van der Waals surface area contributed by atoms with Gasteiger partial charge in [-0.05, 0) is 48.6 Å². The molecule has 0 heterocycles. The third kappa shape index (κ3) is 5.22. The molecule has 0 saturated heterocycles. The van der Waals surface area contributed by atoms with E-state index in [0.717, 1.165) is 16.7 Å². The molecule has 2 rings (SSSR count). The van der Waals surface area contributed by atoms with Crippen molar-refractivity contribution < 1.29 is 13.9 Å². The summed E-state index contributed by atoms with van der Waals surface area (Å²) in [5.41, 5.74) is 2.65. The summed E-state index contributed by atoms with van der Waals surface area (Å²) in [6, 6.07) is 14.4. The highest BCUT2D eigenvalue weighted by Crippen LogP contribution is 2.22. The Morgan fingerprint density at radius 1 is 1.22 bits per heavy atom. The van der Waals surface area contributed by atoms with Gasteiger partial charge < -0.3 is 4.74 Å². The fourth-order valence-corrected chi connectivity index (χ4v) is 2.37. The maximum absolute atomic E-state index is 13.5. The van der Waals surface area contributed by atoms with Crippen molar-refractivity contribution in [2.24, 2.45) is 0 Å². The lowest BCUT2D eigenvalue weighted by atomic mass is 9.98. The van der Waals surface area contributed by atoms with Crippen molar-refractivity contribution in [2.75, 3.05) is 6.61 Å². The molecule has 0 unspecified atom stereocenters. The van der Waals surface area contributed by atoms with Gasteiger partial charge in [0.2, 0.25) is 0 Å². The summed E-state index contributed by atoms with van der Waals surface area (Å²) < 4.78 is 18.5.